The van der Waals surface area contributed by atoms with Crippen LogP contribution in [0, 0.1) is 13.8 Å². The smallest absolute Gasteiger partial charge is 0.167 e. The highest BCUT2D eigenvalue weighted by Crippen LogP contribution is 2.38. The van der Waals surface area contributed by atoms with Crippen LogP contribution in [-0.2, 0) is 17.8 Å². The van der Waals surface area contributed by atoms with Gasteiger partial charge in [0.1, 0.15) is 16.9 Å². The van der Waals surface area contributed by atoms with Gasteiger partial charge in [-0.05, 0) is 38.3 Å². The van der Waals surface area contributed by atoms with E-state index in [0.29, 0.717) is 6.61 Å². The third kappa shape index (κ3) is 2.40. The van der Waals surface area contributed by atoms with Gasteiger partial charge >= 0.3 is 0 Å². The van der Waals surface area contributed by atoms with Gasteiger partial charge in [-0.15, -0.1) is 21.5 Å². The molecule has 0 radical (unpaired) electrons. The van der Waals surface area contributed by atoms with E-state index in [0.717, 1.165) is 18.1 Å². The molecule has 4 rings (SSSR count). The average Bonchev–Trinajstić information content (AvgIpc) is 3.03. The van der Waals surface area contributed by atoms with Crippen molar-refractivity contribution < 1.29 is 4.74 Å². The molecule has 1 aromatic carbocycles. The van der Waals surface area contributed by atoms with Crippen LogP contribution in [0.25, 0.3) is 5.00 Å². The van der Waals surface area contributed by atoms with E-state index in [-0.39, 0.29) is 6.10 Å². The Kier molecular flexibility index (Phi) is 3.54. The van der Waals surface area contributed by atoms with E-state index in [2.05, 4.69) is 52.0 Å². The van der Waals surface area contributed by atoms with E-state index < -0.39 is 0 Å². The fraction of sp³-hybridized carbons (Fsp3) is 0.333. The van der Waals surface area contributed by atoms with Crippen molar-refractivity contribution in [2.45, 2.75) is 39.9 Å². The fourth-order valence-electron chi connectivity index (χ4n) is 3.15. The number of benzene rings is 1. The molecule has 3 heterocycles. The fourth-order valence-corrected chi connectivity index (χ4v) is 4.38. The number of fused-ring (bicyclic) bond motifs is 3. The van der Waals surface area contributed by atoms with Gasteiger partial charge in [-0.1, -0.05) is 30.3 Å². The Morgan fingerprint density at radius 3 is 2.78 bits per heavy atom. The standard InChI is InChI=1S/C18H19N3OS/c1-11-17-20-19-13(3)21(17)18-16(10-22-11)15(12(2)23-18)9-14-7-5-4-6-8-14/h4-8,11H,9-10H2,1-3H3. The van der Waals surface area contributed by atoms with Crippen molar-refractivity contribution in [3.05, 3.63) is 63.5 Å². The molecular formula is C18H19N3OS. The Morgan fingerprint density at radius 2 is 2.00 bits per heavy atom. The number of ether oxygens (including phenoxy) is 1. The maximum absolute atomic E-state index is 6.04. The molecule has 0 saturated carbocycles. The molecule has 0 saturated heterocycles. The molecule has 3 aromatic rings. The second kappa shape index (κ2) is 5.58. The first-order valence-corrected chi connectivity index (χ1v) is 8.65. The van der Waals surface area contributed by atoms with E-state index in [1.807, 2.05) is 25.2 Å². The number of aromatic nitrogens is 3. The van der Waals surface area contributed by atoms with E-state index in [4.69, 9.17) is 4.74 Å². The molecular weight excluding hydrogens is 306 g/mol. The van der Waals surface area contributed by atoms with Gasteiger partial charge in [0.15, 0.2) is 5.82 Å². The summed E-state index contributed by atoms with van der Waals surface area (Å²) in [5.41, 5.74) is 3.99. The molecule has 1 atom stereocenters. The Balaban J connectivity index is 1.85. The molecule has 5 heteroatoms. The van der Waals surface area contributed by atoms with Gasteiger partial charge in [0, 0.05) is 10.4 Å². The van der Waals surface area contributed by atoms with E-state index in [1.54, 1.807) is 0 Å². The van der Waals surface area contributed by atoms with Crippen LogP contribution in [0.4, 0.5) is 0 Å². The summed E-state index contributed by atoms with van der Waals surface area (Å²) in [6, 6.07) is 10.6. The Morgan fingerprint density at radius 1 is 1.22 bits per heavy atom. The predicted molar refractivity (Wildman–Crippen MR) is 91.2 cm³/mol. The molecule has 0 spiro atoms. The highest BCUT2D eigenvalue weighted by Gasteiger charge is 2.27. The number of rotatable bonds is 2. The summed E-state index contributed by atoms with van der Waals surface area (Å²) in [6.07, 6.45) is 0.896. The summed E-state index contributed by atoms with van der Waals surface area (Å²) in [5, 5.41) is 9.78. The topological polar surface area (TPSA) is 39.9 Å². The molecule has 1 aliphatic heterocycles. The van der Waals surface area contributed by atoms with Crippen molar-refractivity contribution in [2.75, 3.05) is 0 Å². The second-order valence-electron chi connectivity index (χ2n) is 5.98. The molecule has 1 aliphatic rings. The number of aryl methyl sites for hydroxylation is 2. The van der Waals surface area contributed by atoms with E-state index >= 15 is 0 Å². The zero-order valence-corrected chi connectivity index (χ0v) is 14.4. The minimum Gasteiger partial charge on any atom is -0.366 e. The minimum atomic E-state index is -0.0410. The SMILES string of the molecule is Cc1sc2c(c1Cc1ccccc1)COC(C)c1nnc(C)n1-2. The molecule has 0 aliphatic carbocycles. The summed E-state index contributed by atoms with van der Waals surface area (Å²) in [4.78, 5) is 1.34. The van der Waals surface area contributed by atoms with Gasteiger partial charge < -0.3 is 4.74 Å². The van der Waals surface area contributed by atoms with Gasteiger partial charge in [0.05, 0.1) is 6.61 Å². The molecule has 1 unspecified atom stereocenters. The van der Waals surface area contributed by atoms with E-state index in [9.17, 15) is 0 Å². The lowest BCUT2D eigenvalue weighted by Gasteiger charge is -2.09. The van der Waals surface area contributed by atoms with Gasteiger partial charge in [-0.3, -0.25) is 4.57 Å². The van der Waals surface area contributed by atoms with Crippen LogP contribution in [0.3, 0.4) is 0 Å². The molecule has 0 N–H and O–H groups in total. The van der Waals surface area contributed by atoms with Crippen molar-refractivity contribution in [3.63, 3.8) is 0 Å². The van der Waals surface area contributed by atoms with Crippen LogP contribution in [0.1, 0.15) is 46.2 Å². The first-order chi connectivity index (χ1) is 11.1. The van der Waals surface area contributed by atoms with Crippen molar-refractivity contribution in [1.29, 1.82) is 0 Å². The molecule has 23 heavy (non-hydrogen) atoms. The number of thiophene rings is 1. The maximum atomic E-state index is 6.04. The molecule has 0 bridgehead atoms. The first kappa shape index (κ1) is 14.6. The first-order valence-electron chi connectivity index (χ1n) is 7.84. The third-order valence-electron chi connectivity index (χ3n) is 4.42. The number of hydrogen-bond acceptors (Lipinski definition) is 4. The molecule has 2 aromatic heterocycles. The van der Waals surface area contributed by atoms with Crippen molar-refractivity contribution in [3.8, 4) is 5.00 Å². The van der Waals surface area contributed by atoms with Crippen molar-refractivity contribution >= 4 is 11.3 Å². The lowest BCUT2D eigenvalue weighted by Crippen LogP contribution is -2.04. The Bertz CT molecular complexity index is 851. The summed E-state index contributed by atoms with van der Waals surface area (Å²) in [7, 11) is 0. The lowest BCUT2D eigenvalue weighted by molar-refractivity contribution is 0.0493. The Labute approximate surface area is 139 Å². The van der Waals surface area contributed by atoms with Crippen LogP contribution in [0.5, 0.6) is 0 Å². The minimum absolute atomic E-state index is 0.0410. The Hall–Kier alpha value is -1.98. The van der Waals surface area contributed by atoms with Crippen LogP contribution < -0.4 is 0 Å². The van der Waals surface area contributed by atoms with Crippen LogP contribution >= 0.6 is 11.3 Å². The van der Waals surface area contributed by atoms with Gasteiger partial charge in [-0.25, -0.2) is 0 Å². The van der Waals surface area contributed by atoms with Gasteiger partial charge in [0.2, 0.25) is 0 Å². The third-order valence-corrected chi connectivity index (χ3v) is 5.59. The van der Waals surface area contributed by atoms with Crippen LogP contribution in [0.2, 0.25) is 0 Å². The van der Waals surface area contributed by atoms with Gasteiger partial charge in [-0.2, -0.15) is 0 Å². The van der Waals surface area contributed by atoms with Gasteiger partial charge in [0.25, 0.3) is 0 Å². The highest BCUT2D eigenvalue weighted by molar-refractivity contribution is 7.14. The normalized spacial score (nSPS) is 16.7. The maximum Gasteiger partial charge on any atom is 0.167 e. The van der Waals surface area contributed by atoms with E-state index in [1.165, 1.54) is 26.6 Å². The monoisotopic (exact) mass is 325 g/mol. The lowest BCUT2D eigenvalue weighted by atomic mass is 10.0. The van der Waals surface area contributed by atoms with Crippen molar-refractivity contribution in [1.82, 2.24) is 14.8 Å². The van der Waals surface area contributed by atoms with Crippen LogP contribution in [-0.4, -0.2) is 14.8 Å². The molecule has 0 amide bonds. The largest absolute Gasteiger partial charge is 0.366 e. The zero-order valence-electron chi connectivity index (χ0n) is 13.5. The highest BCUT2D eigenvalue weighted by atomic mass is 32.1. The summed E-state index contributed by atoms with van der Waals surface area (Å²) in [6.45, 7) is 6.87. The number of hydrogen-bond donors (Lipinski definition) is 0. The molecule has 0 fully saturated rings. The van der Waals surface area contributed by atoms with Crippen LogP contribution in [0.15, 0.2) is 30.3 Å². The van der Waals surface area contributed by atoms with Crippen molar-refractivity contribution in [2.24, 2.45) is 0 Å². The summed E-state index contributed by atoms with van der Waals surface area (Å²) >= 11 is 1.82. The summed E-state index contributed by atoms with van der Waals surface area (Å²) in [5.74, 6) is 1.82. The summed E-state index contributed by atoms with van der Waals surface area (Å²) < 4.78 is 8.21. The predicted octanol–water partition coefficient (Wildman–Crippen LogP) is 4.13. The quantitative estimate of drug-likeness (QED) is 0.711. The molecule has 118 valence electrons. The number of nitrogens with zero attached hydrogens (tertiary/aromatic N) is 3. The molecule has 4 nitrogen and oxygen atoms in total. The second-order valence-corrected chi connectivity index (χ2v) is 7.18. The average molecular weight is 325 g/mol. The zero-order chi connectivity index (χ0) is 16.0.